The molecule has 0 amide bonds. The second-order valence-corrected chi connectivity index (χ2v) is 4.60. The molecule has 14 heavy (non-hydrogen) atoms. The molecule has 0 aromatic heterocycles. The van der Waals surface area contributed by atoms with Crippen LogP contribution in [-0.4, -0.2) is 0 Å². The molecular formula is C14H29. The average molecular weight is 197 g/mol. The fourth-order valence-corrected chi connectivity index (χ4v) is 2.01. The molecule has 1 radical (unpaired) electrons. The summed E-state index contributed by atoms with van der Waals surface area (Å²) < 4.78 is 0. The Morgan fingerprint density at radius 1 is 0.929 bits per heavy atom. The first-order chi connectivity index (χ1) is 6.74. The third-order valence-electron chi connectivity index (χ3n) is 3.16. The van der Waals surface area contributed by atoms with Crippen LogP contribution in [0.3, 0.4) is 0 Å². The van der Waals surface area contributed by atoms with Crippen molar-refractivity contribution in [3.8, 4) is 0 Å². The lowest BCUT2D eigenvalue weighted by molar-refractivity contribution is 0.450. The van der Waals surface area contributed by atoms with Gasteiger partial charge < -0.3 is 0 Å². The van der Waals surface area contributed by atoms with Crippen molar-refractivity contribution in [2.75, 3.05) is 0 Å². The zero-order valence-electron chi connectivity index (χ0n) is 10.7. The molecule has 0 aliphatic rings. The molecule has 0 heteroatoms. The molecule has 0 saturated carbocycles. The van der Waals surface area contributed by atoms with Crippen molar-refractivity contribution in [2.45, 2.75) is 72.6 Å². The minimum Gasteiger partial charge on any atom is -0.0654 e. The molecule has 0 nitrogen and oxygen atoms in total. The van der Waals surface area contributed by atoms with Crippen molar-refractivity contribution in [1.29, 1.82) is 0 Å². The van der Waals surface area contributed by atoms with Gasteiger partial charge in [-0.15, -0.1) is 0 Å². The Balaban J connectivity index is 3.38. The lowest BCUT2D eigenvalue weighted by atomic mass is 9.88. The lowest BCUT2D eigenvalue weighted by Gasteiger charge is -2.17. The minimum absolute atomic E-state index is 0.830. The van der Waals surface area contributed by atoms with Gasteiger partial charge in [0, 0.05) is 0 Å². The molecule has 0 aliphatic carbocycles. The standard InChI is InChI=1S/C14H29/c1-5-8-9-10-11-13(4)12-14(6-2)7-3/h12-14H,5-11H2,1-4H3. The Labute approximate surface area is 91.5 Å². The van der Waals surface area contributed by atoms with Gasteiger partial charge in [-0.05, 0) is 18.3 Å². The van der Waals surface area contributed by atoms with Crippen LogP contribution in [0.15, 0.2) is 0 Å². The molecule has 1 atom stereocenters. The van der Waals surface area contributed by atoms with Gasteiger partial charge in [-0.1, -0.05) is 72.6 Å². The Hall–Kier alpha value is 0. The van der Waals surface area contributed by atoms with E-state index in [1.807, 2.05) is 0 Å². The monoisotopic (exact) mass is 197 g/mol. The maximum atomic E-state index is 2.58. The summed E-state index contributed by atoms with van der Waals surface area (Å²) in [5.74, 6) is 1.69. The first kappa shape index (κ1) is 14.0. The van der Waals surface area contributed by atoms with E-state index in [2.05, 4.69) is 34.1 Å². The summed E-state index contributed by atoms with van der Waals surface area (Å²) in [6.07, 6.45) is 12.2. The number of unbranched alkanes of at least 4 members (excludes halogenated alkanes) is 3. The molecule has 0 aromatic rings. The number of hydrogen-bond donors (Lipinski definition) is 0. The molecule has 0 heterocycles. The van der Waals surface area contributed by atoms with E-state index < -0.39 is 0 Å². The van der Waals surface area contributed by atoms with Gasteiger partial charge >= 0.3 is 0 Å². The van der Waals surface area contributed by atoms with Crippen molar-refractivity contribution in [3.63, 3.8) is 0 Å². The lowest BCUT2D eigenvalue weighted by Crippen LogP contribution is -2.06. The van der Waals surface area contributed by atoms with Crippen LogP contribution in [0.5, 0.6) is 0 Å². The molecule has 0 bridgehead atoms. The van der Waals surface area contributed by atoms with Crippen LogP contribution in [0.2, 0.25) is 0 Å². The van der Waals surface area contributed by atoms with Gasteiger partial charge in [0.25, 0.3) is 0 Å². The van der Waals surface area contributed by atoms with Gasteiger partial charge in [0.05, 0.1) is 0 Å². The Kier molecular flexibility index (Phi) is 9.55. The van der Waals surface area contributed by atoms with Gasteiger partial charge in [-0.2, -0.15) is 0 Å². The summed E-state index contributed by atoms with van der Waals surface area (Å²) in [6, 6.07) is 0. The summed E-state index contributed by atoms with van der Waals surface area (Å²) in [7, 11) is 0. The van der Waals surface area contributed by atoms with Crippen molar-refractivity contribution < 1.29 is 0 Å². The zero-order valence-corrected chi connectivity index (χ0v) is 10.7. The topological polar surface area (TPSA) is 0 Å². The molecule has 85 valence electrons. The fourth-order valence-electron chi connectivity index (χ4n) is 2.01. The molecule has 0 spiro atoms. The Morgan fingerprint density at radius 2 is 1.57 bits per heavy atom. The SMILES string of the molecule is CCCCCCC(C)[CH]C(CC)CC. The molecule has 1 unspecified atom stereocenters. The van der Waals surface area contributed by atoms with E-state index in [9.17, 15) is 0 Å². The maximum Gasteiger partial charge on any atom is -0.0327 e. The summed E-state index contributed by atoms with van der Waals surface area (Å²) in [5.41, 5.74) is 0. The van der Waals surface area contributed by atoms with Crippen molar-refractivity contribution >= 4 is 0 Å². The van der Waals surface area contributed by atoms with E-state index in [1.54, 1.807) is 0 Å². The zero-order chi connectivity index (χ0) is 10.8. The van der Waals surface area contributed by atoms with Crippen molar-refractivity contribution in [1.82, 2.24) is 0 Å². The maximum absolute atomic E-state index is 2.58. The Bertz CT molecular complexity index is 103. The highest BCUT2D eigenvalue weighted by Crippen LogP contribution is 2.21. The highest BCUT2D eigenvalue weighted by atomic mass is 14.1. The molecule has 0 aliphatic heterocycles. The van der Waals surface area contributed by atoms with Crippen molar-refractivity contribution in [3.05, 3.63) is 6.42 Å². The predicted octanol–water partition coefficient (Wildman–Crippen LogP) is 5.23. The van der Waals surface area contributed by atoms with Crippen LogP contribution in [-0.2, 0) is 0 Å². The normalized spacial score (nSPS) is 13.5. The van der Waals surface area contributed by atoms with E-state index in [0.717, 1.165) is 11.8 Å². The number of rotatable bonds is 9. The van der Waals surface area contributed by atoms with Gasteiger partial charge in [0.1, 0.15) is 0 Å². The molecule has 0 aromatic carbocycles. The average Bonchev–Trinajstić information content (AvgIpc) is 2.21. The van der Waals surface area contributed by atoms with Crippen molar-refractivity contribution in [2.24, 2.45) is 11.8 Å². The fraction of sp³-hybridized carbons (Fsp3) is 0.929. The highest BCUT2D eigenvalue weighted by molar-refractivity contribution is 4.79. The van der Waals surface area contributed by atoms with Crippen LogP contribution in [0.25, 0.3) is 0 Å². The molecule has 0 saturated heterocycles. The minimum atomic E-state index is 0.830. The van der Waals surface area contributed by atoms with Crippen LogP contribution in [0.1, 0.15) is 72.6 Å². The predicted molar refractivity (Wildman–Crippen MR) is 66.3 cm³/mol. The van der Waals surface area contributed by atoms with Crippen LogP contribution in [0, 0.1) is 18.3 Å². The highest BCUT2D eigenvalue weighted by Gasteiger charge is 2.09. The summed E-state index contributed by atoms with van der Waals surface area (Å²) >= 11 is 0. The van der Waals surface area contributed by atoms with Crippen LogP contribution in [0.4, 0.5) is 0 Å². The van der Waals surface area contributed by atoms with E-state index in [4.69, 9.17) is 0 Å². The third kappa shape index (κ3) is 7.41. The summed E-state index contributed by atoms with van der Waals surface area (Å²) in [4.78, 5) is 0. The Morgan fingerprint density at radius 3 is 2.07 bits per heavy atom. The third-order valence-corrected chi connectivity index (χ3v) is 3.16. The second-order valence-electron chi connectivity index (χ2n) is 4.60. The van der Waals surface area contributed by atoms with Gasteiger partial charge in [-0.25, -0.2) is 0 Å². The molecule has 0 N–H and O–H groups in total. The molecule has 0 rings (SSSR count). The largest absolute Gasteiger partial charge is 0.0654 e. The first-order valence-electron chi connectivity index (χ1n) is 6.59. The van der Waals surface area contributed by atoms with E-state index in [0.29, 0.717) is 0 Å². The van der Waals surface area contributed by atoms with E-state index in [-0.39, 0.29) is 0 Å². The summed E-state index contributed by atoms with van der Waals surface area (Å²) in [5, 5.41) is 0. The number of hydrogen-bond acceptors (Lipinski definition) is 0. The van der Waals surface area contributed by atoms with E-state index in [1.165, 1.54) is 44.9 Å². The first-order valence-corrected chi connectivity index (χ1v) is 6.59. The van der Waals surface area contributed by atoms with E-state index >= 15 is 0 Å². The van der Waals surface area contributed by atoms with Crippen LogP contribution >= 0.6 is 0 Å². The quantitative estimate of drug-likeness (QED) is 0.444. The molecular weight excluding hydrogens is 168 g/mol. The smallest absolute Gasteiger partial charge is 0.0327 e. The molecule has 0 fully saturated rings. The van der Waals surface area contributed by atoms with Gasteiger partial charge in [-0.3, -0.25) is 0 Å². The second kappa shape index (κ2) is 9.55. The van der Waals surface area contributed by atoms with Gasteiger partial charge in [0.2, 0.25) is 0 Å². The van der Waals surface area contributed by atoms with Gasteiger partial charge in [0.15, 0.2) is 0 Å². The van der Waals surface area contributed by atoms with Crippen LogP contribution < -0.4 is 0 Å². The summed E-state index contributed by atoms with van der Waals surface area (Å²) in [6.45, 7) is 9.26.